The smallest absolute Gasteiger partial charge is 0.0731 e. The van der Waals surface area contributed by atoms with E-state index in [0.29, 0.717) is 0 Å². The number of fused-ring (bicyclic) bond motifs is 3. The average Bonchev–Trinajstić information content (AvgIpc) is 2.35. The molecular formula is C13H6Br3N. The maximum atomic E-state index is 4.49. The van der Waals surface area contributed by atoms with Crippen LogP contribution in [0.15, 0.2) is 49.9 Å². The molecule has 0 saturated heterocycles. The van der Waals surface area contributed by atoms with Gasteiger partial charge in [0.05, 0.1) is 5.52 Å². The number of pyridine rings is 1. The van der Waals surface area contributed by atoms with Gasteiger partial charge in [0.2, 0.25) is 0 Å². The summed E-state index contributed by atoms with van der Waals surface area (Å²) in [6.07, 6.45) is 1.91. The number of rotatable bonds is 0. The number of hydrogen-bond donors (Lipinski definition) is 0. The monoisotopic (exact) mass is 413 g/mol. The molecule has 0 N–H and O–H groups in total. The molecule has 0 unspecified atom stereocenters. The van der Waals surface area contributed by atoms with Crippen molar-refractivity contribution in [2.75, 3.05) is 0 Å². The molecule has 0 radical (unpaired) electrons. The highest BCUT2D eigenvalue weighted by Crippen LogP contribution is 2.39. The van der Waals surface area contributed by atoms with E-state index in [1.165, 1.54) is 5.39 Å². The Hall–Kier alpha value is -0.450. The molecule has 0 atom stereocenters. The van der Waals surface area contributed by atoms with Gasteiger partial charge in [0.15, 0.2) is 0 Å². The molecule has 1 aromatic heterocycles. The van der Waals surface area contributed by atoms with Crippen LogP contribution in [0.3, 0.4) is 0 Å². The van der Waals surface area contributed by atoms with Gasteiger partial charge in [-0.05, 0) is 59.2 Å². The molecule has 0 fully saturated rings. The zero-order chi connectivity index (χ0) is 12.0. The Balaban J connectivity index is 2.62. The standard InChI is InChI=1S/C13H6Br3N/c14-9-5-10-11(13(16)12(9)15)8-4-2-1-3-7(8)6-17-10/h1-6H. The fraction of sp³-hybridized carbons (Fsp3) is 0. The lowest BCUT2D eigenvalue weighted by molar-refractivity contribution is 1.42. The highest BCUT2D eigenvalue weighted by molar-refractivity contribution is 9.14. The molecule has 1 heterocycles. The minimum atomic E-state index is 0.977. The van der Waals surface area contributed by atoms with Gasteiger partial charge in [-0.2, -0.15) is 0 Å². The van der Waals surface area contributed by atoms with Gasteiger partial charge in [0.1, 0.15) is 0 Å². The summed E-state index contributed by atoms with van der Waals surface area (Å²) in [5.41, 5.74) is 0.977. The second-order valence-corrected chi connectivity index (χ2v) is 6.17. The molecule has 0 amide bonds. The van der Waals surface area contributed by atoms with E-state index in [2.05, 4.69) is 64.9 Å². The molecule has 0 bridgehead atoms. The van der Waals surface area contributed by atoms with E-state index < -0.39 is 0 Å². The molecular weight excluding hydrogens is 410 g/mol. The van der Waals surface area contributed by atoms with Gasteiger partial charge < -0.3 is 0 Å². The minimum Gasteiger partial charge on any atom is -0.256 e. The van der Waals surface area contributed by atoms with Crippen molar-refractivity contribution in [2.24, 2.45) is 0 Å². The summed E-state index contributed by atoms with van der Waals surface area (Å²) in [6.45, 7) is 0. The first-order chi connectivity index (χ1) is 8.18. The molecule has 4 heteroatoms. The lowest BCUT2D eigenvalue weighted by Crippen LogP contribution is -1.85. The molecule has 0 spiro atoms. The molecule has 84 valence electrons. The van der Waals surface area contributed by atoms with Crippen molar-refractivity contribution in [3.8, 4) is 0 Å². The molecule has 2 aromatic carbocycles. The number of benzene rings is 2. The van der Waals surface area contributed by atoms with E-state index >= 15 is 0 Å². The lowest BCUT2D eigenvalue weighted by Gasteiger charge is -2.08. The van der Waals surface area contributed by atoms with Crippen molar-refractivity contribution >= 4 is 69.5 Å². The van der Waals surface area contributed by atoms with Crippen LogP contribution in [-0.4, -0.2) is 4.98 Å². The molecule has 3 aromatic rings. The van der Waals surface area contributed by atoms with Gasteiger partial charge in [-0.25, -0.2) is 0 Å². The summed E-state index contributed by atoms with van der Waals surface area (Å²) in [5, 5.41) is 3.49. The molecule has 0 saturated carbocycles. The molecule has 0 aliphatic heterocycles. The third-order valence-electron chi connectivity index (χ3n) is 2.71. The summed E-state index contributed by atoms with van der Waals surface area (Å²) in [5.74, 6) is 0. The summed E-state index contributed by atoms with van der Waals surface area (Å²) < 4.78 is 3.05. The predicted octanol–water partition coefficient (Wildman–Crippen LogP) is 5.68. The third kappa shape index (κ3) is 1.83. The summed E-state index contributed by atoms with van der Waals surface area (Å²) in [4.78, 5) is 4.49. The van der Waals surface area contributed by atoms with Crippen LogP contribution in [0.2, 0.25) is 0 Å². The Morgan fingerprint density at radius 1 is 0.941 bits per heavy atom. The number of halogens is 3. The fourth-order valence-electron chi connectivity index (χ4n) is 1.92. The normalized spacial score (nSPS) is 11.2. The van der Waals surface area contributed by atoms with Gasteiger partial charge in [-0.3, -0.25) is 4.98 Å². The van der Waals surface area contributed by atoms with E-state index in [0.717, 1.165) is 29.7 Å². The third-order valence-corrected chi connectivity index (χ3v) is 6.02. The van der Waals surface area contributed by atoms with Crippen molar-refractivity contribution < 1.29 is 0 Å². The fourth-order valence-corrected chi connectivity index (χ4v) is 3.54. The zero-order valence-electron chi connectivity index (χ0n) is 8.55. The molecule has 0 aliphatic rings. The number of aromatic nitrogens is 1. The Morgan fingerprint density at radius 2 is 1.71 bits per heavy atom. The maximum Gasteiger partial charge on any atom is 0.0731 e. The van der Waals surface area contributed by atoms with Crippen molar-refractivity contribution in [1.29, 1.82) is 0 Å². The van der Waals surface area contributed by atoms with Gasteiger partial charge in [0.25, 0.3) is 0 Å². The van der Waals surface area contributed by atoms with Crippen molar-refractivity contribution in [3.05, 3.63) is 49.9 Å². The molecule has 17 heavy (non-hydrogen) atoms. The Morgan fingerprint density at radius 3 is 2.53 bits per heavy atom. The first-order valence-corrected chi connectivity index (χ1v) is 7.37. The van der Waals surface area contributed by atoms with Gasteiger partial charge in [0, 0.05) is 30.4 Å². The van der Waals surface area contributed by atoms with E-state index in [9.17, 15) is 0 Å². The number of hydrogen-bond acceptors (Lipinski definition) is 1. The quantitative estimate of drug-likeness (QED) is 0.340. The topological polar surface area (TPSA) is 12.9 Å². The van der Waals surface area contributed by atoms with Crippen LogP contribution in [-0.2, 0) is 0 Å². The summed E-state index contributed by atoms with van der Waals surface area (Å²) in [6, 6.07) is 10.3. The van der Waals surface area contributed by atoms with Crippen molar-refractivity contribution in [1.82, 2.24) is 4.98 Å². The first-order valence-electron chi connectivity index (χ1n) is 4.99. The zero-order valence-corrected chi connectivity index (χ0v) is 13.3. The second kappa shape index (κ2) is 4.34. The SMILES string of the molecule is Brc1cc2ncc3ccccc3c2c(Br)c1Br. The number of nitrogens with zero attached hydrogens (tertiary/aromatic N) is 1. The highest BCUT2D eigenvalue weighted by Gasteiger charge is 2.11. The molecule has 1 nitrogen and oxygen atoms in total. The predicted molar refractivity (Wildman–Crippen MR) is 82.3 cm³/mol. The Kier molecular flexibility index (Phi) is 2.97. The first kappa shape index (κ1) is 11.6. The van der Waals surface area contributed by atoms with E-state index in [4.69, 9.17) is 0 Å². The van der Waals surface area contributed by atoms with Crippen LogP contribution < -0.4 is 0 Å². The summed E-state index contributed by atoms with van der Waals surface area (Å²) >= 11 is 10.7. The lowest BCUT2D eigenvalue weighted by atomic mass is 10.1. The van der Waals surface area contributed by atoms with Gasteiger partial charge in [-0.15, -0.1) is 0 Å². The minimum absolute atomic E-state index is 0.977. The average molecular weight is 416 g/mol. The van der Waals surface area contributed by atoms with Crippen LogP contribution >= 0.6 is 47.8 Å². The highest BCUT2D eigenvalue weighted by atomic mass is 79.9. The summed E-state index contributed by atoms with van der Waals surface area (Å²) in [7, 11) is 0. The van der Waals surface area contributed by atoms with Crippen LogP contribution in [0.4, 0.5) is 0 Å². The van der Waals surface area contributed by atoms with E-state index in [1.54, 1.807) is 0 Å². The molecule has 3 rings (SSSR count). The van der Waals surface area contributed by atoms with E-state index in [1.807, 2.05) is 24.4 Å². The van der Waals surface area contributed by atoms with Crippen LogP contribution in [0, 0.1) is 0 Å². The van der Waals surface area contributed by atoms with Gasteiger partial charge >= 0.3 is 0 Å². The van der Waals surface area contributed by atoms with Crippen LogP contribution in [0.25, 0.3) is 21.7 Å². The molecule has 0 aliphatic carbocycles. The maximum absolute atomic E-state index is 4.49. The largest absolute Gasteiger partial charge is 0.256 e. The van der Waals surface area contributed by atoms with Crippen LogP contribution in [0.1, 0.15) is 0 Å². The van der Waals surface area contributed by atoms with E-state index in [-0.39, 0.29) is 0 Å². The van der Waals surface area contributed by atoms with Crippen molar-refractivity contribution in [3.63, 3.8) is 0 Å². The Labute approximate surface area is 124 Å². The second-order valence-electron chi connectivity index (χ2n) is 3.73. The Bertz CT molecular complexity index is 737. The van der Waals surface area contributed by atoms with Crippen molar-refractivity contribution in [2.45, 2.75) is 0 Å². The van der Waals surface area contributed by atoms with Gasteiger partial charge in [-0.1, -0.05) is 24.3 Å². The van der Waals surface area contributed by atoms with Crippen LogP contribution in [0.5, 0.6) is 0 Å².